The molecule has 0 aliphatic heterocycles. The molecule has 0 atom stereocenters. The average molecular weight is 426 g/mol. The molecule has 0 saturated heterocycles. The Labute approximate surface area is 180 Å². The van der Waals surface area contributed by atoms with E-state index in [0.717, 1.165) is 13.0 Å². The van der Waals surface area contributed by atoms with Gasteiger partial charge in [-0.3, -0.25) is 19.7 Å². The minimum Gasteiger partial charge on any atom is -0.497 e. The molecular weight excluding hydrogens is 400 g/mol. The normalized spacial score (nSPS) is 11.2. The zero-order valence-corrected chi connectivity index (χ0v) is 17.8. The lowest BCUT2D eigenvalue weighted by Crippen LogP contribution is -2.36. The summed E-state index contributed by atoms with van der Waals surface area (Å²) in [7, 11) is 5.45. The van der Waals surface area contributed by atoms with Gasteiger partial charge in [0.2, 0.25) is 0 Å². The van der Waals surface area contributed by atoms with E-state index in [9.17, 15) is 19.7 Å². The average Bonchev–Trinajstić information content (AvgIpc) is 2.76. The van der Waals surface area contributed by atoms with Gasteiger partial charge in [-0.2, -0.15) is 0 Å². The number of methoxy groups -OCH3 is 1. The van der Waals surface area contributed by atoms with Crippen LogP contribution in [0.4, 0.5) is 5.69 Å². The molecule has 0 aliphatic rings. The highest BCUT2D eigenvalue weighted by Gasteiger charge is 2.15. The van der Waals surface area contributed by atoms with Crippen molar-refractivity contribution >= 4 is 23.6 Å². The van der Waals surface area contributed by atoms with Gasteiger partial charge in [0.05, 0.1) is 12.0 Å². The summed E-state index contributed by atoms with van der Waals surface area (Å²) in [5, 5.41) is 16.2. The maximum Gasteiger partial charge on any atom is 0.269 e. The monoisotopic (exact) mass is 426 g/mol. The predicted octanol–water partition coefficient (Wildman–Crippen LogP) is 2.44. The number of hydrogen-bond donors (Lipinski definition) is 2. The third kappa shape index (κ3) is 7.56. The summed E-state index contributed by atoms with van der Waals surface area (Å²) in [4.78, 5) is 37.6. The number of nitro groups is 1. The first kappa shape index (κ1) is 23.6. The summed E-state index contributed by atoms with van der Waals surface area (Å²) in [6.45, 7) is 1.26. The fraction of sp³-hybridized carbons (Fsp3) is 0.273. The quantitative estimate of drug-likeness (QED) is 0.261. The van der Waals surface area contributed by atoms with E-state index in [2.05, 4.69) is 10.6 Å². The third-order valence-electron chi connectivity index (χ3n) is 4.33. The molecule has 0 fully saturated rings. The van der Waals surface area contributed by atoms with Crippen molar-refractivity contribution in [2.45, 2.75) is 6.42 Å². The second kappa shape index (κ2) is 11.5. The Morgan fingerprint density at radius 3 is 2.29 bits per heavy atom. The molecule has 2 aromatic carbocycles. The first-order valence-electron chi connectivity index (χ1n) is 9.64. The number of benzene rings is 2. The van der Waals surface area contributed by atoms with Crippen LogP contribution in [0.2, 0.25) is 0 Å². The lowest BCUT2D eigenvalue weighted by Gasteiger charge is -2.13. The number of carbonyl (C=O) groups excluding carboxylic acids is 2. The molecular formula is C22H26N4O5. The smallest absolute Gasteiger partial charge is 0.269 e. The second-order valence-corrected chi connectivity index (χ2v) is 7.00. The maximum atomic E-state index is 12.7. The number of nitro benzene ring substituents is 1. The molecule has 0 saturated carbocycles. The van der Waals surface area contributed by atoms with Crippen LogP contribution in [0, 0.1) is 10.1 Å². The van der Waals surface area contributed by atoms with Crippen molar-refractivity contribution in [3.63, 3.8) is 0 Å². The Balaban J connectivity index is 2.18. The van der Waals surface area contributed by atoms with Crippen LogP contribution in [0.5, 0.6) is 5.75 Å². The molecule has 9 nitrogen and oxygen atoms in total. The molecule has 0 heterocycles. The Hall–Kier alpha value is -3.72. The van der Waals surface area contributed by atoms with Crippen molar-refractivity contribution in [3.05, 3.63) is 75.5 Å². The Bertz CT molecular complexity index is 937. The largest absolute Gasteiger partial charge is 0.497 e. The third-order valence-corrected chi connectivity index (χ3v) is 4.33. The maximum absolute atomic E-state index is 12.7. The first-order valence-corrected chi connectivity index (χ1v) is 9.64. The van der Waals surface area contributed by atoms with Gasteiger partial charge in [0.15, 0.2) is 0 Å². The van der Waals surface area contributed by atoms with Crippen LogP contribution in [0.1, 0.15) is 22.3 Å². The molecule has 2 N–H and O–H groups in total. The van der Waals surface area contributed by atoms with E-state index in [4.69, 9.17) is 4.74 Å². The summed E-state index contributed by atoms with van der Waals surface area (Å²) in [5.74, 6) is -0.301. The molecule has 0 spiro atoms. The summed E-state index contributed by atoms with van der Waals surface area (Å²) >= 11 is 0. The van der Waals surface area contributed by atoms with E-state index in [1.807, 2.05) is 19.0 Å². The number of nitrogens with one attached hydrogen (secondary N) is 2. The van der Waals surface area contributed by atoms with Crippen LogP contribution in [0.15, 0.2) is 54.2 Å². The van der Waals surface area contributed by atoms with Crippen LogP contribution < -0.4 is 15.4 Å². The van der Waals surface area contributed by atoms with E-state index in [-0.39, 0.29) is 16.9 Å². The number of ether oxygens (including phenoxy) is 1. The highest BCUT2D eigenvalue weighted by molar-refractivity contribution is 6.05. The number of rotatable bonds is 10. The van der Waals surface area contributed by atoms with Crippen molar-refractivity contribution in [2.75, 3.05) is 34.3 Å². The molecule has 2 aromatic rings. The number of amides is 2. The Morgan fingerprint density at radius 2 is 1.74 bits per heavy atom. The summed E-state index contributed by atoms with van der Waals surface area (Å²) in [5.41, 5.74) is 0.845. The van der Waals surface area contributed by atoms with Gasteiger partial charge in [0.25, 0.3) is 17.5 Å². The van der Waals surface area contributed by atoms with Crippen LogP contribution in [-0.4, -0.2) is 55.9 Å². The molecule has 164 valence electrons. The minimum atomic E-state index is -0.544. The molecule has 31 heavy (non-hydrogen) atoms. The molecule has 0 aromatic heterocycles. The fourth-order valence-corrected chi connectivity index (χ4v) is 2.65. The highest BCUT2D eigenvalue weighted by atomic mass is 16.6. The van der Waals surface area contributed by atoms with E-state index < -0.39 is 16.7 Å². The SMILES string of the molecule is COc1ccc(C=C(NC(=O)c2ccc([N+](=O)[O-])cc2)C(=O)NCCCN(C)C)cc1. The number of hydrogen-bond acceptors (Lipinski definition) is 6. The summed E-state index contributed by atoms with van der Waals surface area (Å²) in [6, 6.07) is 12.2. The Kier molecular flexibility index (Phi) is 8.71. The second-order valence-electron chi connectivity index (χ2n) is 7.00. The summed E-state index contributed by atoms with van der Waals surface area (Å²) < 4.78 is 5.13. The highest BCUT2D eigenvalue weighted by Crippen LogP contribution is 2.15. The van der Waals surface area contributed by atoms with Crippen LogP contribution in [0.25, 0.3) is 6.08 Å². The van der Waals surface area contributed by atoms with Gasteiger partial charge >= 0.3 is 0 Å². The fourth-order valence-electron chi connectivity index (χ4n) is 2.65. The van der Waals surface area contributed by atoms with Gasteiger partial charge < -0.3 is 20.3 Å². The lowest BCUT2D eigenvalue weighted by atomic mass is 10.1. The van der Waals surface area contributed by atoms with E-state index in [1.54, 1.807) is 37.5 Å². The number of carbonyl (C=O) groups is 2. The van der Waals surface area contributed by atoms with Gasteiger partial charge in [0, 0.05) is 24.2 Å². The van der Waals surface area contributed by atoms with E-state index in [1.165, 1.54) is 24.3 Å². The molecule has 0 bridgehead atoms. The zero-order valence-electron chi connectivity index (χ0n) is 17.8. The van der Waals surface area contributed by atoms with E-state index >= 15 is 0 Å². The molecule has 9 heteroatoms. The zero-order chi connectivity index (χ0) is 22.8. The standard InChI is InChI=1S/C22H26N4O5/c1-25(2)14-4-13-23-22(28)20(15-16-5-11-19(31-3)12-6-16)24-21(27)17-7-9-18(10-8-17)26(29)30/h5-12,15H,4,13-14H2,1-3H3,(H,23,28)(H,24,27). The molecule has 2 amide bonds. The van der Waals surface area contributed by atoms with Crippen molar-refractivity contribution in [3.8, 4) is 5.75 Å². The molecule has 0 unspecified atom stereocenters. The van der Waals surface area contributed by atoms with Gasteiger partial charge in [0.1, 0.15) is 11.4 Å². The van der Waals surface area contributed by atoms with Crippen LogP contribution in [-0.2, 0) is 4.79 Å². The molecule has 0 aliphatic carbocycles. The van der Waals surface area contributed by atoms with Gasteiger partial charge in [-0.25, -0.2) is 0 Å². The van der Waals surface area contributed by atoms with E-state index in [0.29, 0.717) is 17.9 Å². The van der Waals surface area contributed by atoms with Gasteiger partial charge in [-0.15, -0.1) is 0 Å². The van der Waals surface area contributed by atoms with Crippen molar-refractivity contribution in [1.82, 2.24) is 15.5 Å². The van der Waals surface area contributed by atoms with Gasteiger partial charge in [-0.1, -0.05) is 12.1 Å². The van der Waals surface area contributed by atoms with Crippen molar-refractivity contribution in [1.29, 1.82) is 0 Å². The van der Waals surface area contributed by atoms with Crippen molar-refractivity contribution < 1.29 is 19.2 Å². The minimum absolute atomic E-state index is 0.0679. The molecule has 0 radical (unpaired) electrons. The topological polar surface area (TPSA) is 114 Å². The predicted molar refractivity (Wildman–Crippen MR) is 118 cm³/mol. The lowest BCUT2D eigenvalue weighted by molar-refractivity contribution is -0.384. The van der Waals surface area contributed by atoms with Crippen LogP contribution >= 0.6 is 0 Å². The number of nitrogens with zero attached hydrogens (tertiary/aromatic N) is 2. The van der Waals surface area contributed by atoms with Crippen LogP contribution in [0.3, 0.4) is 0 Å². The Morgan fingerprint density at radius 1 is 1.10 bits per heavy atom. The van der Waals surface area contributed by atoms with Crippen molar-refractivity contribution in [2.24, 2.45) is 0 Å². The molecule has 2 rings (SSSR count). The summed E-state index contributed by atoms with van der Waals surface area (Å²) in [6.07, 6.45) is 2.31. The number of non-ortho nitro benzene ring substituents is 1. The first-order chi connectivity index (χ1) is 14.8. The van der Waals surface area contributed by atoms with Gasteiger partial charge in [-0.05, 0) is 63.0 Å².